The van der Waals surface area contributed by atoms with Crippen molar-refractivity contribution in [1.82, 2.24) is 9.55 Å². The lowest BCUT2D eigenvalue weighted by Gasteiger charge is -1.93. The lowest BCUT2D eigenvalue weighted by Crippen LogP contribution is -1.85. The maximum atomic E-state index is 4.31. The molecule has 86 valence electrons. The third-order valence-electron chi connectivity index (χ3n) is 2.83. The van der Waals surface area contributed by atoms with Crippen LogP contribution >= 0.6 is 0 Å². The van der Waals surface area contributed by atoms with E-state index in [9.17, 15) is 0 Å². The molecule has 0 aliphatic carbocycles. The summed E-state index contributed by atoms with van der Waals surface area (Å²) >= 11 is 0. The van der Waals surface area contributed by atoms with E-state index >= 15 is 0 Å². The van der Waals surface area contributed by atoms with E-state index < -0.39 is 0 Å². The van der Waals surface area contributed by atoms with Gasteiger partial charge in [-0.15, -0.1) is 0 Å². The van der Waals surface area contributed by atoms with Gasteiger partial charge in [-0.25, -0.2) is 4.98 Å². The molecule has 0 spiro atoms. The van der Waals surface area contributed by atoms with Gasteiger partial charge in [0.1, 0.15) is 6.33 Å². The van der Waals surface area contributed by atoms with Gasteiger partial charge in [0.2, 0.25) is 0 Å². The van der Waals surface area contributed by atoms with Crippen LogP contribution in [0.15, 0.2) is 54.9 Å². The average Bonchev–Trinajstić information content (AvgIpc) is 2.82. The van der Waals surface area contributed by atoms with E-state index in [4.69, 9.17) is 0 Å². The summed E-state index contributed by atoms with van der Waals surface area (Å²) in [7, 11) is 0. The summed E-state index contributed by atoms with van der Waals surface area (Å²) in [6.45, 7) is 2.07. The van der Waals surface area contributed by atoms with E-state index in [0.29, 0.717) is 0 Å². The highest BCUT2D eigenvalue weighted by molar-refractivity contribution is 5.76. The Bertz CT molecular complexity index is 740. The molecule has 1 aromatic heterocycles. The van der Waals surface area contributed by atoms with Crippen molar-refractivity contribution in [2.24, 2.45) is 0 Å². The molecule has 2 aromatic carbocycles. The molecule has 0 radical (unpaired) electrons. The van der Waals surface area contributed by atoms with Crippen molar-refractivity contribution in [3.63, 3.8) is 0 Å². The summed E-state index contributed by atoms with van der Waals surface area (Å²) < 4.78 is 1.86. The molecular weight excluding hydrogens is 220 g/mol. The molecule has 2 heteroatoms. The monoisotopic (exact) mass is 232 g/mol. The number of aryl methyl sites for hydroxylation is 1. The van der Waals surface area contributed by atoms with Gasteiger partial charge in [0, 0.05) is 11.6 Å². The molecule has 0 atom stereocenters. The highest BCUT2D eigenvalue weighted by atomic mass is 15.0. The Kier molecular flexibility index (Phi) is 2.59. The Morgan fingerprint density at radius 1 is 1.00 bits per heavy atom. The topological polar surface area (TPSA) is 17.8 Å². The van der Waals surface area contributed by atoms with Gasteiger partial charge in [0.15, 0.2) is 0 Å². The second-order valence-electron chi connectivity index (χ2n) is 4.21. The quantitative estimate of drug-likeness (QED) is 0.544. The van der Waals surface area contributed by atoms with Crippen LogP contribution in [0.25, 0.3) is 11.0 Å². The lowest BCUT2D eigenvalue weighted by molar-refractivity contribution is 1.15. The number of aromatic nitrogens is 2. The molecule has 0 fully saturated rings. The van der Waals surface area contributed by atoms with E-state index in [2.05, 4.69) is 36.0 Å². The first-order valence-electron chi connectivity index (χ1n) is 5.84. The highest BCUT2D eigenvalue weighted by Gasteiger charge is 1.97. The molecule has 1 heterocycles. The van der Waals surface area contributed by atoms with Gasteiger partial charge >= 0.3 is 0 Å². The van der Waals surface area contributed by atoms with Crippen LogP contribution in [0.4, 0.5) is 0 Å². The van der Waals surface area contributed by atoms with Gasteiger partial charge in [-0.1, -0.05) is 29.8 Å². The molecule has 0 amide bonds. The Balaban J connectivity index is 2.00. The van der Waals surface area contributed by atoms with Crippen molar-refractivity contribution in [2.45, 2.75) is 6.92 Å². The van der Waals surface area contributed by atoms with Crippen molar-refractivity contribution in [2.75, 3.05) is 0 Å². The minimum absolute atomic E-state index is 0.968. The van der Waals surface area contributed by atoms with Crippen LogP contribution in [-0.2, 0) is 0 Å². The molecular formula is C16H12N2. The average molecular weight is 232 g/mol. The van der Waals surface area contributed by atoms with Crippen molar-refractivity contribution >= 4 is 11.0 Å². The van der Waals surface area contributed by atoms with Crippen LogP contribution in [0.2, 0.25) is 0 Å². The number of imidazole rings is 1. The Morgan fingerprint density at radius 3 is 2.61 bits per heavy atom. The van der Waals surface area contributed by atoms with Crippen LogP contribution in [0, 0.1) is 18.9 Å². The summed E-state index contributed by atoms with van der Waals surface area (Å²) in [5.41, 5.74) is 4.26. The number of fused-ring (bicyclic) bond motifs is 1. The first kappa shape index (κ1) is 10.6. The maximum absolute atomic E-state index is 4.31. The molecule has 0 aliphatic rings. The van der Waals surface area contributed by atoms with Gasteiger partial charge in [-0.2, -0.15) is 0 Å². The van der Waals surface area contributed by atoms with Crippen LogP contribution < -0.4 is 0 Å². The molecule has 18 heavy (non-hydrogen) atoms. The van der Waals surface area contributed by atoms with E-state index in [1.807, 2.05) is 41.0 Å². The van der Waals surface area contributed by atoms with Gasteiger partial charge in [0.25, 0.3) is 0 Å². The van der Waals surface area contributed by atoms with Crippen molar-refractivity contribution in [1.29, 1.82) is 0 Å². The third-order valence-corrected chi connectivity index (χ3v) is 2.83. The predicted octanol–water partition coefficient (Wildman–Crippen LogP) is 3.20. The lowest BCUT2D eigenvalue weighted by atomic mass is 10.2. The number of nitrogens with zero attached hydrogens (tertiary/aromatic N) is 2. The molecule has 3 aromatic rings. The molecule has 0 N–H and O–H groups in total. The minimum atomic E-state index is 0.968. The largest absolute Gasteiger partial charge is 0.257 e. The predicted molar refractivity (Wildman–Crippen MR) is 73.2 cm³/mol. The maximum Gasteiger partial charge on any atom is 0.108 e. The molecule has 0 saturated heterocycles. The SMILES string of the molecule is Cc1ccc(C#Cn2cnc3ccccc32)cc1. The Hall–Kier alpha value is -2.53. The number of rotatable bonds is 0. The van der Waals surface area contributed by atoms with Gasteiger partial charge in [0.05, 0.1) is 11.0 Å². The summed E-state index contributed by atoms with van der Waals surface area (Å²) in [6, 6.07) is 19.3. The number of benzene rings is 2. The molecule has 2 nitrogen and oxygen atoms in total. The fraction of sp³-hybridized carbons (Fsp3) is 0.0625. The highest BCUT2D eigenvalue weighted by Crippen LogP contribution is 2.10. The number of para-hydroxylation sites is 2. The van der Waals surface area contributed by atoms with Crippen LogP contribution in [0.3, 0.4) is 0 Å². The van der Waals surface area contributed by atoms with Gasteiger partial charge in [-0.05, 0) is 37.1 Å². The fourth-order valence-corrected chi connectivity index (χ4v) is 1.81. The minimum Gasteiger partial charge on any atom is -0.257 e. The van der Waals surface area contributed by atoms with E-state index in [0.717, 1.165) is 16.6 Å². The summed E-state index contributed by atoms with van der Waals surface area (Å²) in [5, 5.41) is 0. The van der Waals surface area contributed by atoms with Crippen LogP contribution in [-0.4, -0.2) is 9.55 Å². The second-order valence-corrected chi connectivity index (χ2v) is 4.21. The standard InChI is InChI=1S/C16H12N2/c1-13-6-8-14(9-7-13)10-11-18-12-17-15-4-2-3-5-16(15)18/h2-9,12H,1H3. The van der Waals surface area contributed by atoms with E-state index in [1.54, 1.807) is 6.33 Å². The first-order valence-corrected chi connectivity index (χ1v) is 5.84. The zero-order valence-electron chi connectivity index (χ0n) is 10.1. The fourth-order valence-electron chi connectivity index (χ4n) is 1.81. The Morgan fingerprint density at radius 2 is 1.78 bits per heavy atom. The third kappa shape index (κ3) is 1.99. The normalized spacial score (nSPS) is 10.1. The van der Waals surface area contributed by atoms with Crippen molar-refractivity contribution in [3.8, 4) is 12.0 Å². The number of hydrogen-bond acceptors (Lipinski definition) is 1. The summed E-state index contributed by atoms with van der Waals surface area (Å²) in [5.74, 6) is 3.14. The summed E-state index contributed by atoms with van der Waals surface area (Å²) in [6.07, 6.45) is 1.76. The van der Waals surface area contributed by atoms with E-state index in [1.165, 1.54) is 5.56 Å². The Labute approximate surface area is 106 Å². The van der Waals surface area contributed by atoms with Gasteiger partial charge < -0.3 is 0 Å². The zero-order valence-corrected chi connectivity index (χ0v) is 10.1. The van der Waals surface area contributed by atoms with Gasteiger partial charge in [-0.3, -0.25) is 4.57 Å². The van der Waals surface area contributed by atoms with Crippen LogP contribution in [0.5, 0.6) is 0 Å². The molecule has 0 bridgehead atoms. The zero-order chi connectivity index (χ0) is 12.4. The van der Waals surface area contributed by atoms with Crippen molar-refractivity contribution < 1.29 is 0 Å². The smallest absolute Gasteiger partial charge is 0.108 e. The molecule has 0 aliphatic heterocycles. The van der Waals surface area contributed by atoms with Crippen molar-refractivity contribution in [3.05, 3.63) is 66.0 Å². The second kappa shape index (κ2) is 4.38. The number of hydrogen-bond donors (Lipinski definition) is 0. The van der Waals surface area contributed by atoms with E-state index in [-0.39, 0.29) is 0 Å². The summed E-state index contributed by atoms with van der Waals surface area (Å²) in [4.78, 5) is 4.31. The molecule has 0 unspecified atom stereocenters. The molecule has 0 saturated carbocycles. The molecule has 3 rings (SSSR count). The first-order chi connectivity index (χ1) is 8.83. The van der Waals surface area contributed by atoms with Crippen LogP contribution in [0.1, 0.15) is 11.1 Å².